The second-order valence-electron chi connectivity index (χ2n) is 6.80. The number of rotatable bonds is 1. The summed E-state index contributed by atoms with van der Waals surface area (Å²) in [7, 11) is 0. The number of nitrogens with zero attached hydrogens (tertiary/aromatic N) is 3. The Morgan fingerprint density at radius 1 is 1.10 bits per heavy atom. The van der Waals surface area contributed by atoms with Crippen molar-refractivity contribution < 1.29 is 13.2 Å². The van der Waals surface area contributed by atoms with Crippen LogP contribution in [0.25, 0.3) is 0 Å². The van der Waals surface area contributed by atoms with Gasteiger partial charge in [0.05, 0.1) is 5.92 Å². The molecule has 7 heteroatoms. The first-order valence-corrected chi connectivity index (χ1v) is 7.69. The third-order valence-electron chi connectivity index (χ3n) is 5.72. The predicted octanol–water partition coefficient (Wildman–Crippen LogP) is 2.24. The van der Waals surface area contributed by atoms with E-state index in [2.05, 4.69) is 10.2 Å². The van der Waals surface area contributed by atoms with E-state index in [1.165, 1.54) is 0 Å². The molecule has 4 nitrogen and oxygen atoms in total. The molecule has 3 aliphatic rings. The summed E-state index contributed by atoms with van der Waals surface area (Å²) in [5.41, 5.74) is 6.31. The molecular formula is C14H19F3N4. The standard InChI is InChI=1S/C14H19F3N4/c15-14(16,17)9-3-4-10-19-20-13(21(10)6-9)11-7-1-2-8(5-7)12(11)18/h7-9,11-12H,1-6,18H2. The summed E-state index contributed by atoms with van der Waals surface area (Å²) < 4.78 is 40.7. The minimum atomic E-state index is -4.14. The van der Waals surface area contributed by atoms with Crippen LogP contribution in [0.15, 0.2) is 0 Å². The quantitative estimate of drug-likeness (QED) is 0.865. The maximum Gasteiger partial charge on any atom is 0.393 e. The lowest BCUT2D eigenvalue weighted by Gasteiger charge is -2.31. The van der Waals surface area contributed by atoms with Crippen molar-refractivity contribution in [3.8, 4) is 0 Å². The molecule has 2 aliphatic carbocycles. The van der Waals surface area contributed by atoms with Crippen LogP contribution in [0, 0.1) is 17.8 Å². The number of aryl methyl sites for hydroxylation is 1. The minimum absolute atomic E-state index is 0.0308. The van der Waals surface area contributed by atoms with Crippen LogP contribution in [-0.4, -0.2) is 27.0 Å². The Hall–Kier alpha value is -1.11. The summed E-state index contributed by atoms with van der Waals surface area (Å²) in [4.78, 5) is 0. The van der Waals surface area contributed by atoms with E-state index in [1.807, 2.05) is 0 Å². The van der Waals surface area contributed by atoms with Crippen LogP contribution in [0.1, 0.15) is 43.3 Å². The summed E-state index contributed by atoms with van der Waals surface area (Å²) in [5.74, 6) is 1.20. The Labute approximate surface area is 120 Å². The van der Waals surface area contributed by atoms with E-state index in [0.717, 1.165) is 19.3 Å². The molecule has 0 saturated heterocycles. The van der Waals surface area contributed by atoms with E-state index in [-0.39, 0.29) is 24.9 Å². The first kappa shape index (κ1) is 13.5. The van der Waals surface area contributed by atoms with Crippen LogP contribution in [0.2, 0.25) is 0 Å². The van der Waals surface area contributed by atoms with Gasteiger partial charge in [-0.1, -0.05) is 0 Å². The van der Waals surface area contributed by atoms with Gasteiger partial charge in [-0.25, -0.2) is 0 Å². The Balaban J connectivity index is 1.66. The van der Waals surface area contributed by atoms with Crippen LogP contribution < -0.4 is 5.73 Å². The number of nitrogens with two attached hydrogens (primary N) is 1. The van der Waals surface area contributed by atoms with E-state index in [9.17, 15) is 13.2 Å². The smallest absolute Gasteiger partial charge is 0.327 e. The number of alkyl halides is 3. The topological polar surface area (TPSA) is 56.7 Å². The lowest BCUT2D eigenvalue weighted by Crippen LogP contribution is -2.38. The Morgan fingerprint density at radius 2 is 1.86 bits per heavy atom. The molecule has 0 spiro atoms. The second-order valence-corrected chi connectivity index (χ2v) is 6.80. The van der Waals surface area contributed by atoms with Gasteiger partial charge in [0, 0.05) is 24.9 Å². The zero-order valence-electron chi connectivity index (χ0n) is 11.7. The Kier molecular flexibility index (Phi) is 2.87. The van der Waals surface area contributed by atoms with E-state index >= 15 is 0 Å². The fourth-order valence-corrected chi connectivity index (χ4v) is 4.58. The zero-order valence-corrected chi connectivity index (χ0v) is 11.7. The minimum Gasteiger partial charge on any atom is -0.327 e. The van der Waals surface area contributed by atoms with E-state index in [0.29, 0.717) is 29.9 Å². The van der Waals surface area contributed by atoms with Gasteiger partial charge in [-0.2, -0.15) is 13.2 Å². The van der Waals surface area contributed by atoms with Crippen molar-refractivity contribution in [2.45, 2.75) is 56.8 Å². The van der Waals surface area contributed by atoms with Gasteiger partial charge in [-0.3, -0.25) is 0 Å². The third kappa shape index (κ3) is 2.00. The van der Waals surface area contributed by atoms with Crippen molar-refractivity contribution >= 4 is 0 Å². The molecule has 2 saturated carbocycles. The molecule has 2 fully saturated rings. The maximum atomic E-state index is 13.0. The van der Waals surface area contributed by atoms with Crippen molar-refractivity contribution in [2.24, 2.45) is 23.5 Å². The van der Waals surface area contributed by atoms with E-state index in [4.69, 9.17) is 5.73 Å². The monoisotopic (exact) mass is 300 g/mol. The van der Waals surface area contributed by atoms with Crippen LogP contribution in [0.3, 0.4) is 0 Å². The summed E-state index contributed by atoms with van der Waals surface area (Å²) in [6.45, 7) is -0.0399. The molecule has 1 aromatic rings. The van der Waals surface area contributed by atoms with Gasteiger partial charge in [0.25, 0.3) is 0 Å². The SMILES string of the molecule is NC1C2CCC(C2)C1c1nnc2n1CC(C(F)(F)F)CC2. The molecule has 2 bridgehead atoms. The number of aromatic nitrogens is 3. The van der Waals surface area contributed by atoms with Crippen molar-refractivity contribution in [1.29, 1.82) is 0 Å². The highest BCUT2D eigenvalue weighted by Gasteiger charge is 2.50. The highest BCUT2D eigenvalue weighted by Crippen LogP contribution is 2.52. The average molecular weight is 300 g/mol. The van der Waals surface area contributed by atoms with Gasteiger partial charge in [0.1, 0.15) is 11.6 Å². The van der Waals surface area contributed by atoms with E-state index in [1.54, 1.807) is 4.57 Å². The maximum absolute atomic E-state index is 13.0. The molecule has 1 aromatic heterocycles. The van der Waals surface area contributed by atoms with Gasteiger partial charge >= 0.3 is 6.18 Å². The number of hydrogen-bond donors (Lipinski definition) is 1. The van der Waals surface area contributed by atoms with Crippen LogP contribution in [0.5, 0.6) is 0 Å². The fraction of sp³-hybridized carbons (Fsp3) is 0.857. The van der Waals surface area contributed by atoms with Gasteiger partial charge < -0.3 is 10.3 Å². The molecule has 5 unspecified atom stereocenters. The summed E-state index contributed by atoms with van der Waals surface area (Å²) in [5, 5.41) is 8.36. The van der Waals surface area contributed by atoms with Crippen molar-refractivity contribution in [2.75, 3.05) is 0 Å². The molecular weight excluding hydrogens is 281 g/mol. The Morgan fingerprint density at radius 3 is 2.52 bits per heavy atom. The predicted molar refractivity (Wildman–Crippen MR) is 69.4 cm³/mol. The molecule has 0 radical (unpaired) electrons. The molecule has 116 valence electrons. The molecule has 0 aromatic carbocycles. The summed E-state index contributed by atoms with van der Waals surface area (Å²) in [6.07, 6.45) is -0.313. The van der Waals surface area contributed by atoms with Crippen LogP contribution in [-0.2, 0) is 13.0 Å². The number of hydrogen-bond acceptors (Lipinski definition) is 3. The Bertz CT molecular complexity index is 551. The van der Waals surface area contributed by atoms with Crippen LogP contribution >= 0.6 is 0 Å². The molecule has 2 N–H and O–H groups in total. The highest BCUT2D eigenvalue weighted by molar-refractivity contribution is 5.16. The largest absolute Gasteiger partial charge is 0.393 e. The molecule has 5 atom stereocenters. The number of fused-ring (bicyclic) bond motifs is 3. The first-order chi connectivity index (χ1) is 9.95. The van der Waals surface area contributed by atoms with Gasteiger partial charge in [0.15, 0.2) is 0 Å². The molecule has 21 heavy (non-hydrogen) atoms. The molecule has 1 aliphatic heterocycles. The van der Waals surface area contributed by atoms with Gasteiger partial charge in [-0.15, -0.1) is 10.2 Å². The molecule has 0 amide bonds. The lowest BCUT2D eigenvalue weighted by atomic mass is 9.84. The van der Waals surface area contributed by atoms with Crippen molar-refractivity contribution in [3.05, 3.63) is 11.6 Å². The average Bonchev–Trinajstić information content (AvgIpc) is 3.10. The van der Waals surface area contributed by atoms with Crippen LogP contribution in [0.4, 0.5) is 13.2 Å². The van der Waals surface area contributed by atoms with E-state index < -0.39 is 12.1 Å². The van der Waals surface area contributed by atoms with Gasteiger partial charge in [0.2, 0.25) is 0 Å². The fourth-order valence-electron chi connectivity index (χ4n) is 4.58. The van der Waals surface area contributed by atoms with Crippen molar-refractivity contribution in [1.82, 2.24) is 14.8 Å². The lowest BCUT2D eigenvalue weighted by molar-refractivity contribution is -0.182. The zero-order chi connectivity index (χ0) is 14.8. The molecule has 2 heterocycles. The van der Waals surface area contributed by atoms with Gasteiger partial charge in [-0.05, 0) is 37.5 Å². The molecule has 4 rings (SSSR count). The third-order valence-corrected chi connectivity index (χ3v) is 5.72. The first-order valence-electron chi connectivity index (χ1n) is 7.69. The number of halogens is 3. The highest BCUT2D eigenvalue weighted by atomic mass is 19.4. The summed E-state index contributed by atoms with van der Waals surface area (Å²) in [6, 6.07) is 0.0308. The second kappa shape index (κ2) is 4.44. The normalized spacial score (nSPS) is 38.8. The van der Waals surface area contributed by atoms with Crippen molar-refractivity contribution in [3.63, 3.8) is 0 Å². The summed E-state index contributed by atoms with van der Waals surface area (Å²) >= 11 is 0.